The Balaban J connectivity index is 0.000000204. The summed E-state index contributed by atoms with van der Waals surface area (Å²) in [5.74, 6) is 2.79. The molecule has 0 aliphatic heterocycles. The van der Waals surface area contributed by atoms with Crippen LogP contribution in [-0.2, 0) is 0 Å². The van der Waals surface area contributed by atoms with Crippen molar-refractivity contribution in [1.29, 1.82) is 0 Å². The molecule has 1 heterocycles. The summed E-state index contributed by atoms with van der Waals surface area (Å²) in [6, 6.07) is 34.3. The first-order chi connectivity index (χ1) is 14.7. The molecule has 0 saturated heterocycles. The van der Waals surface area contributed by atoms with E-state index in [1.165, 1.54) is 21.8 Å². The van der Waals surface area contributed by atoms with E-state index in [2.05, 4.69) is 71.2 Å². The van der Waals surface area contributed by atoms with Gasteiger partial charge in [-0.1, -0.05) is 72.7 Å². The van der Waals surface area contributed by atoms with Crippen LogP contribution in [-0.4, -0.2) is 10.4 Å². The fourth-order valence-electron chi connectivity index (χ4n) is 3.58. The van der Waals surface area contributed by atoms with Crippen LogP contribution in [0.2, 0.25) is 0 Å². The van der Waals surface area contributed by atoms with Gasteiger partial charge in [0.2, 0.25) is 0 Å². The number of carbonyl (C=O) groups excluding carboxylic acids is 1. The Morgan fingerprint density at radius 1 is 0.700 bits per heavy atom. The van der Waals surface area contributed by atoms with Gasteiger partial charge in [0, 0.05) is 27.6 Å². The number of hydrogen-bond acceptors (Lipinski definition) is 1. The summed E-state index contributed by atoms with van der Waals surface area (Å²) in [5.41, 5.74) is 5.24. The minimum absolute atomic E-state index is 0.121. The van der Waals surface area contributed by atoms with E-state index in [4.69, 9.17) is 6.42 Å². The Kier molecular flexibility index (Phi) is 5.46. The summed E-state index contributed by atoms with van der Waals surface area (Å²) in [6.07, 6.45) is 5.44. The van der Waals surface area contributed by atoms with Crippen LogP contribution in [0.3, 0.4) is 0 Å². The van der Waals surface area contributed by atoms with Crippen molar-refractivity contribution in [1.82, 2.24) is 4.57 Å². The second-order valence-electron chi connectivity index (χ2n) is 6.98. The van der Waals surface area contributed by atoms with Crippen molar-refractivity contribution in [3.8, 4) is 18.0 Å². The lowest BCUT2D eigenvalue weighted by molar-refractivity contribution is 0.101. The van der Waals surface area contributed by atoms with Gasteiger partial charge in [-0.25, -0.2) is 0 Å². The van der Waals surface area contributed by atoms with Gasteiger partial charge >= 0.3 is 0 Å². The topological polar surface area (TPSA) is 22.0 Å². The number of nitrogens with zero attached hydrogens (tertiary/aromatic N) is 1. The quantitative estimate of drug-likeness (QED) is 0.245. The summed E-state index contributed by atoms with van der Waals surface area (Å²) >= 11 is 0. The maximum absolute atomic E-state index is 10.6. The summed E-state index contributed by atoms with van der Waals surface area (Å²) in [5, 5.41) is 2.54. The molecule has 0 radical (unpaired) electrons. The summed E-state index contributed by atoms with van der Waals surface area (Å²) < 4.78 is 2.28. The largest absolute Gasteiger partial charge is 0.309 e. The lowest BCUT2D eigenvalue weighted by atomic mass is 10.2. The van der Waals surface area contributed by atoms with Gasteiger partial charge in [0.15, 0.2) is 5.78 Å². The van der Waals surface area contributed by atoms with E-state index in [0.29, 0.717) is 0 Å². The molecule has 0 saturated carbocycles. The molecule has 0 atom stereocenters. The van der Waals surface area contributed by atoms with Crippen molar-refractivity contribution < 1.29 is 4.79 Å². The SMILES string of the molecule is C#Cc1ccc(-n2c3ccccc3c3ccccc32)cc1.CC(=O)c1ccccc1. The van der Waals surface area contributed by atoms with Crippen molar-refractivity contribution in [2.45, 2.75) is 6.92 Å². The summed E-state index contributed by atoms with van der Waals surface area (Å²) in [4.78, 5) is 10.6. The van der Waals surface area contributed by atoms with Crippen LogP contribution in [0.15, 0.2) is 103 Å². The van der Waals surface area contributed by atoms with Gasteiger partial charge in [0.1, 0.15) is 0 Å². The van der Waals surface area contributed by atoms with Gasteiger partial charge in [-0.05, 0) is 43.3 Å². The van der Waals surface area contributed by atoms with Crippen LogP contribution >= 0.6 is 0 Å². The molecule has 5 rings (SSSR count). The zero-order valence-electron chi connectivity index (χ0n) is 16.7. The normalized spacial score (nSPS) is 10.3. The Morgan fingerprint density at radius 3 is 1.67 bits per heavy atom. The highest BCUT2D eigenvalue weighted by Crippen LogP contribution is 2.31. The first-order valence-corrected chi connectivity index (χ1v) is 9.80. The van der Waals surface area contributed by atoms with E-state index in [1.807, 2.05) is 42.5 Å². The number of ketones is 1. The Bertz CT molecular complexity index is 1300. The first-order valence-electron chi connectivity index (χ1n) is 9.80. The van der Waals surface area contributed by atoms with Gasteiger partial charge < -0.3 is 4.57 Å². The standard InChI is InChI=1S/C20H13N.C8H8O/c1-2-15-11-13-16(14-12-15)21-19-9-5-3-7-17(19)18-8-4-6-10-20(18)21;1-7(9)8-5-3-2-4-6-8/h1,3-14H;2-6H,1H3. The third kappa shape index (κ3) is 3.74. The molecule has 2 heteroatoms. The van der Waals surface area contributed by atoms with Gasteiger partial charge in [0.25, 0.3) is 0 Å². The molecule has 0 unspecified atom stereocenters. The fraction of sp³-hybridized carbons (Fsp3) is 0.0357. The molecule has 0 N–H and O–H groups in total. The average Bonchev–Trinajstić information content (AvgIpc) is 3.15. The van der Waals surface area contributed by atoms with E-state index in [1.54, 1.807) is 6.92 Å². The zero-order chi connectivity index (χ0) is 20.9. The Morgan fingerprint density at radius 2 is 1.20 bits per heavy atom. The second-order valence-corrected chi connectivity index (χ2v) is 6.98. The fourth-order valence-corrected chi connectivity index (χ4v) is 3.58. The first kappa shape index (κ1) is 19.2. The molecule has 1 aromatic heterocycles. The maximum Gasteiger partial charge on any atom is 0.159 e. The van der Waals surface area contributed by atoms with E-state index >= 15 is 0 Å². The molecule has 30 heavy (non-hydrogen) atoms. The smallest absolute Gasteiger partial charge is 0.159 e. The highest BCUT2D eigenvalue weighted by Gasteiger charge is 2.10. The number of aromatic nitrogens is 1. The molecule has 0 fully saturated rings. The van der Waals surface area contributed by atoms with E-state index in [9.17, 15) is 4.79 Å². The maximum atomic E-state index is 10.6. The van der Waals surface area contributed by atoms with Crippen molar-refractivity contribution in [2.24, 2.45) is 0 Å². The minimum atomic E-state index is 0.121. The molecular formula is C28H21NO. The monoisotopic (exact) mass is 387 g/mol. The summed E-state index contributed by atoms with van der Waals surface area (Å²) in [6.45, 7) is 1.56. The molecule has 2 nitrogen and oxygen atoms in total. The number of terminal acetylenes is 1. The predicted molar refractivity (Wildman–Crippen MR) is 125 cm³/mol. The number of carbonyl (C=O) groups is 1. The van der Waals surface area contributed by atoms with Crippen LogP contribution < -0.4 is 0 Å². The van der Waals surface area contributed by atoms with Gasteiger partial charge in [-0.3, -0.25) is 4.79 Å². The van der Waals surface area contributed by atoms with E-state index in [-0.39, 0.29) is 5.78 Å². The van der Waals surface area contributed by atoms with E-state index < -0.39 is 0 Å². The van der Waals surface area contributed by atoms with Crippen molar-refractivity contribution in [3.05, 3.63) is 114 Å². The Labute approximate surface area is 176 Å². The van der Waals surface area contributed by atoms with Gasteiger partial charge in [-0.15, -0.1) is 6.42 Å². The van der Waals surface area contributed by atoms with Crippen LogP contribution in [0.4, 0.5) is 0 Å². The predicted octanol–water partition coefficient (Wildman–Crippen LogP) is 6.65. The molecule has 0 aliphatic carbocycles. The number of hydrogen-bond donors (Lipinski definition) is 0. The second kappa shape index (κ2) is 8.51. The average molecular weight is 387 g/mol. The minimum Gasteiger partial charge on any atom is -0.309 e. The molecular weight excluding hydrogens is 366 g/mol. The van der Waals surface area contributed by atoms with Crippen molar-refractivity contribution in [3.63, 3.8) is 0 Å². The molecule has 5 aromatic rings. The lowest BCUT2D eigenvalue weighted by Gasteiger charge is -2.07. The molecule has 144 valence electrons. The molecule has 0 spiro atoms. The van der Waals surface area contributed by atoms with Crippen LogP contribution in [0.5, 0.6) is 0 Å². The third-order valence-corrected chi connectivity index (χ3v) is 5.05. The lowest BCUT2D eigenvalue weighted by Crippen LogP contribution is -1.93. The number of para-hydroxylation sites is 2. The van der Waals surface area contributed by atoms with Crippen LogP contribution in [0.25, 0.3) is 27.5 Å². The molecule has 0 bridgehead atoms. The number of benzene rings is 4. The van der Waals surface area contributed by atoms with E-state index in [0.717, 1.165) is 16.8 Å². The molecule has 0 amide bonds. The van der Waals surface area contributed by atoms with Crippen LogP contribution in [0, 0.1) is 12.3 Å². The zero-order valence-corrected chi connectivity index (χ0v) is 16.7. The third-order valence-electron chi connectivity index (χ3n) is 5.05. The van der Waals surface area contributed by atoms with Gasteiger partial charge in [0.05, 0.1) is 11.0 Å². The van der Waals surface area contributed by atoms with Gasteiger partial charge in [-0.2, -0.15) is 0 Å². The highest BCUT2D eigenvalue weighted by molar-refractivity contribution is 6.09. The van der Waals surface area contributed by atoms with Crippen molar-refractivity contribution >= 4 is 27.6 Å². The summed E-state index contributed by atoms with van der Waals surface area (Å²) in [7, 11) is 0. The molecule has 4 aromatic carbocycles. The number of Topliss-reactive ketones (excluding diaryl/α,β-unsaturated/α-hetero) is 1. The Hall–Kier alpha value is -4.09. The highest BCUT2D eigenvalue weighted by atomic mass is 16.1. The van der Waals surface area contributed by atoms with Crippen LogP contribution in [0.1, 0.15) is 22.8 Å². The number of rotatable bonds is 2. The number of fused-ring (bicyclic) bond motifs is 3. The molecule has 0 aliphatic rings. The van der Waals surface area contributed by atoms with Crippen molar-refractivity contribution in [2.75, 3.05) is 0 Å².